The predicted octanol–water partition coefficient (Wildman–Crippen LogP) is 2.37. The summed E-state index contributed by atoms with van der Waals surface area (Å²) in [6.07, 6.45) is 0. The number of rotatable bonds is 6. The Bertz CT molecular complexity index is 377. The van der Waals surface area contributed by atoms with Crippen molar-refractivity contribution in [3.63, 3.8) is 0 Å². The van der Waals surface area contributed by atoms with Gasteiger partial charge in [0.15, 0.2) is 0 Å². The Labute approximate surface area is 102 Å². The summed E-state index contributed by atoms with van der Waals surface area (Å²) in [5.41, 5.74) is 1.78. The second-order valence-electron chi connectivity index (χ2n) is 3.62. The van der Waals surface area contributed by atoms with E-state index in [1.165, 1.54) is 0 Å². The number of aryl methyl sites for hydroxylation is 1. The van der Waals surface area contributed by atoms with Crippen LogP contribution in [0.5, 0.6) is 5.75 Å². The molecule has 4 nitrogen and oxygen atoms in total. The van der Waals surface area contributed by atoms with Crippen LogP contribution in [0.3, 0.4) is 0 Å². The number of ether oxygens (including phenoxy) is 2. The third-order valence-corrected chi connectivity index (χ3v) is 2.15. The molecule has 17 heavy (non-hydrogen) atoms. The Morgan fingerprint density at radius 1 is 1.29 bits per heavy atom. The molecular weight excluding hydrogens is 218 g/mol. The van der Waals surface area contributed by atoms with Gasteiger partial charge < -0.3 is 14.8 Å². The van der Waals surface area contributed by atoms with Gasteiger partial charge in [-0.1, -0.05) is 6.07 Å². The summed E-state index contributed by atoms with van der Waals surface area (Å²) in [5.74, 6) is 0.522. The lowest BCUT2D eigenvalue weighted by molar-refractivity contribution is -0.120. The highest BCUT2D eigenvalue weighted by Crippen LogP contribution is 2.25. The number of carbonyl (C=O) groups excluding carboxylic acids is 1. The van der Waals surface area contributed by atoms with E-state index in [-0.39, 0.29) is 12.5 Å². The molecule has 94 valence electrons. The van der Waals surface area contributed by atoms with Crippen LogP contribution in [0, 0.1) is 6.92 Å². The van der Waals surface area contributed by atoms with E-state index >= 15 is 0 Å². The molecule has 0 fully saturated rings. The zero-order valence-corrected chi connectivity index (χ0v) is 10.6. The second-order valence-corrected chi connectivity index (χ2v) is 3.62. The van der Waals surface area contributed by atoms with E-state index in [9.17, 15) is 4.79 Å². The monoisotopic (exact) mass is 237 g/mol. The van der Waals surface area contributed by atoms with Crippen molar-refractivity contribution in [3.8, 4) is 5.75 Å². The minimum absolute atomic E-state index is 0.0654. The van der Waals surface area contributed by atoms with Crippen LogP contribution in [0.25, 0.3) is 0 Å². The van der Waals surface area contributed by atoms with E-state index in [4.69, 9.17) is 9.47 Å². The van der Waals surface area contributed by atoms with Crippen LogP contribution >= 0.6 is 0 Å². The quantitative estimate of drug-likeness (QED) is 0.826. The minimum atomic E-state index is -0.170. The molecule has 0 aromatic heterocycles. The molecule has 1 aromatic rings. The number of amides is 1. The minimum Gasteiger partial charge on any atom is -0.492 e. The third-order valence-electron chi connectivity index (χ3n) is 2.15. The summed E-state index contributed by atoms with van der Waals surface area (Å²) in [5, 5.41) is 2.77. The molecule has 0 bridgehead atoms. The molecular formula is C13H19NO3. The Morgan fingerprint density at radius 2 is 2.06 bits per heavy atom. The Morgan fingerprint density at radius 3 is 2.71 bits per heavy atom. The van der Waals surface area contributed by atoms with E-state index < -0.39 is 0 Å². The Hall–Kier alpha value is -1.55. The molecule has 4 heteroatoms. The first kappa shape index (κ1) is 13.5. The standard InChI is InChI=1S/C13H19NO3/c1-4-16-9-13(15)14-11-7-6-10(3)8-12(11)17-5-2/h6-8H,4-5,9H2,1-3H3,(H,14,15). The molecule has 0 saturated heterocycles. The van der Waals surface area contributed by atoms with Gasteiger partial charge in [-0.25, -0.2) is 0 Å². The molecule has 0 radical (unpaired) electrons. The number of carbonyl (C=O) groups is 1. The first-order valence-corrected chi connectivity index (χ1v) is 5.78. The number of anilines is 1. The fourth-order valence-electron chi connectivity index (χ4n) is 1.39. The zero-order chi connectivity index (χ0) is 12.7. The molecule has 1 aromatic carbocycles. The van der Waals surface area contributed by atoms with Gasteiger partial charge in [0.2, 0.25) is 5.91 Å². The van der Waals surface area contributed by atoms with Crippen molar-refractivity contribution in [2.75, 3.05) is 25.1 Å². The maximum Gasteiger partial charge on any atom is 0.250 e. The lowest BCUT2D eigenvalue weighted by atomic mass is 10.2. The average molecular weight is 237 g/mol. The third kappa shape index (κ3) is 4.44. The van der Waals surface area contributed by atoms with Crippen LogP contribution in [0.15, 0.2) is 18.2 Å². The van der Waals surface area contributed by atoms with E-state index in [2.05, 4.69) is 5.32 Å². The Balaban J connectivity index is 2.72. The summed E-state index contributed by atoms with van der Waals surface area (Å²) < 4.78 is 10.5. The molecule has 1 amide bonds. The fourth-order valence-corrected chi connectivity index (χ4v) is 1.39. The van der Waals surface area contributed by atoms with Crippen molar-refractivity contribution in [1.29, 1.82) is 0 Å². The highest BCUT2D eigenvalue weighted by Gasteiger charge is 2.07. The SMILES string of the molecule is CCOCC(=O)Nc1ccc(C)cc1OCC. The van der Waals surface area contributed by atoms with Crippen LogP contribution in [-0.2, 0) is 9.53 Å². The van der Waals surface area contributed by atoms with Gasteiger partial charge in [0.1, 0.15) is 12.4 Å². The first-order chi connectivity index (χ1) is 8.17. The summed E-state index contributed by atoms with van der Waals surface area (Å²) in [6.45, 7) is 6.90. The number of hydrogen-bond acceptors (Lipinski definition) is 3. The molecule has 0 atom stereocenters. The molecule has 0 aliphatic carbocycles. The van der Waals surface area contributed by atoms with Crippen LogP contribution in [0.2, 0.25) is 0 Å². The van der Waals surface area contributed by atoms with Crippen LogP contribution in [-0.4, -0.2) is 25.7 Å². The molecule has 1 N–H and O–H groups in total. The zero-order valence-electron chi connectivity index (χ0n) is 10.6. The van der Waals surface area contributed by atoms with Crippen LogP contribution in [0.1, 0.15) is 19.4 Å². The highest BCUT2D eigenvalue weighted by atomic mass is 16.5. The van der Waals surface area contributed by atoms with Crippen molar-refractivity contribution < 1.29 is 14.3 Å². The molecule has 0 aliphatic rings. The maximum absolute atomic E-state index is 11.5. The van der Waals surface area contributed by atoms with Gasteiger partial charge in [-0.05, 0) is 38.5 Å². The van der Waals surface area contributed by atoms with Gasteiger partial charge in [0.25, 0.3) is 0 Å². The molecule has 0 spiro atoms. The average Bonchev–Trinajstić information content (AvgIpc) is 2.30. The Kier molecular flexibility index (Phi) is 5.49. The van der Waals surface area contributed by atoms with E-state index in [1.807, 2.05) is 39.0 Å². The molecule has 0 unspecified atom stereocenters. The van der Waals surface area contributed by atoms with Gasteiger partial charge in [-0.15, -0.1) is 0 Å². The molecule has 0 saturated carbocycles. The summed E-state index contributed by atoms with van der Waals surface area (Å²) in [4.78, 5) is 11.5. The number of benzene rings is 1. The van der Waals surface area contributed by atoms with E-state index in [1.54, 1.807) is 0 Å². The summed E-state index contributed by atoms with van der Waals surface area (Å²) >= 11 is 0. The highest BCUT2D eigenvalue weighted by molar-refractivity contribution is 5.93. The fraction of sp³-hybridized carbons (Fsp3) is 0.462. The van der Waals surface area contributed by atoms with Gasteiger partial charge in [-0.3, -0.25) is 4.79 Å². The predicted molar refractivity (Wildman–Crippen MR) is 67.5 cm³/mol. The van der Waals surface area contributed by atoms with Crippen molar-refractivity contribution in [1.82, 2.24) is 0 Å². The topological polar surface area (TPSA) is 47.6 Å². The summed E-state index contributed by atoms with van der Waals surface area (Å²) in [6, 6.07) is 5.67. The first-order valence-electron chi connectivity index (χ1n) is 5.78. The maximum atomic E-state index is 11.5. The van der Waals surface area contributed by atoms with Crippen LogP contribution in [0.4, 0.5) is 5.69 Å². The molecule has 0 aliphatic heterocycles. The second kappa shape index (κ2) is 6.91. The molecule has 0 heterocycles. The van der Waals surface area contributed by atoms with Crippen molar-refractivity contribution in [2.24, 2.45) is 0 Å². The smallest absolute Gasteiger partial charge is 0.250 e. The lowest BCUT2D eigenvalue weighted by Gasteiger charge is -2.12. The van der Waals surface area contributed by atoms with Crippen molar-refractivity contribution in [3.05, 3.63) is 23.8 Å². The van der Waals surface area contributed by atoms with Crippen LogP contribution < -0.4 is 10.1 Å². The van der Waals surface area contributed by atoms with Gasteiger partial charge in [0.05, 0.1) is 12.3 Å². The van der Waals surface area contributed by atoms with E-state index in [0.29, 0.717) is 24.7 Å². The van der Waals surface area contributed by atoms with Gasteiger partial charge in [-0.2, -0.15) is 0 Å². The van der Waals surface area contributed by atoms with Crippen molar-refractivity contribution in [2.45, 2.75) is 20.8 Å². The molecule has 1 rings (SSSR count). The van der Waals surface area contributed by atoms with E-state index in [0.717, 1.165) is 5.56 Å². The summed E-state index contributed by atoms with van der Waals surface area (Å²) in [7, 11) is 0. The van der Waals surface area contributed by atoms with Crippen molar-refractivity contribution >= 4 is 11.6 Å². The van der Waals surface area contributed by atoms with Gasteiger partial charge >= 0.3 is 0 Å². The number of hydrogen-bond donors (Lipinski definition) is 1. The van der Waals surface area contributed by atoms with Gasteiger partial charge in [0, 0.05) is 6.61 Å². The normalized spacial score (nSPS) is 10.1. The largest absolute Gasteiger partial charge is 0.492 e. The number of nitrogens with one attached hydrogen (secondary N) is 1. The lowest BCUT2D eigenvalue weighted by Crippen LogP contribution is -2.18.